The Morgan fingerprint density at radius 2 is 1.60 bits per heavy atom. The summed E-state index contributed by atoms with van der Waals surface area (Å²) < 4.78 is 5.86. The summed E-state index contributed by atoms with van der Waals surface area (Å²) in [5.41, 5.74) is -1.91. The van der Waals surface area contributed by atoms with Gasteiger partial charge in [-0.25, -0.2) is 0 Å². The molecule has 9 heteroatoms. The maximum absolute atomic E-state index is 13.0. The summed E-state index contributed by atoms with van der Waals surface area (Å²) in [5, 5.41) is 64.0. The predicted octanol–water partition coefficient (Wildman–Crippen LogP) is 4.75. The topological polar surface area (TPSA) is 165 Å². The summed E-state index contributed by atoms with van der Waals surface area (Å²) in [7, 11) is 0. The highest BCUT2D eigenvalue weighted by atomic mass is 16.6. The summed E-state index contributed by atoms with van der Waals surface area (Å²) >= 11 is 0. The van der Waals surface area contributed by atoms with Gasteiger partial charge < -0.3 is 35.4 Å². The van der Waals surface area contributed by atoms with E-state index in [1.165, 1.54) is 18.1 Å². The van der Waals surface area contributed by atoms with E-state index in [0.29, 0.717) is 19.3 Å². The average molecular weight is 637 g/mol. The van der Waals surface area contributed by atoms with E-state index in [1.54, 1.807) is 13.8 Å². The van der Waals surface area contributed by atoms with Gasteiger partial charge in [-0.3, -0.25) is 9.59 Å². The van der Waals surface area contributed by atoms with Gasteiger partial charge in [0.2, 0.25) is 0 Å². The van der Waals surface area contributed by atoms with Crippen LogP contribution in [-0.2, 0) is 14.3 Å². The van der Waals surface area contributed by atoms with Crippen molar-refractivity contribution in [3.63, 3.8) is 0 Å². The first kappa shape index (κ1) is 36.3. The first-order valence-electron chi connectivity index (χ1n) is 17.0. The lowest BCUT2D eigenvalue weighted by Gasteiger charge is -2.64. The van der Waals surface area contributed by atoms with Crippen molar-refractivity contribution in [3.05, 3.63) is 11.1 Å². The highest BCUT2D eigenvalue weighted by Gasteiger charge is 2.67. The van der Waals surface area contributed by atoms with Gasteiger partial charge in [0, 0.05) is 5.41 Å². The fourth-order valence-electron chi connectivity index (χ4n) is 10.7. The zero-order chi connectivity index (χ0) is 34.1. The third-order valence-electron chi connectivity index (χ3n) is 13.6. The summed E-state index contributed by atoms with van der Waals surface area (Å²) in [6, 6.07) is 0. The van der Waals surface area contributed by atoms with Crippen molar-refractivity contribution in [2.24, 2.45) is 39.4 Å². The summed E-state index contributed by atoms with van der Waals surface area (Å²) in [4.78, 5) is 24.2. The minimum Gasteiger partial charge on any atom is -0.481 e. The number of fused-ring (bicyclic) bond motifs is 4. The first-order valence-corrected chi connectivity index (χ1v) is 17.0. The number of carboxylic acid groups (broad SMARTS) is 1. The van der Waals surface area contributed by atoms with Crippen molar-refractivity contribution >= 4 is 11.9 Å². The quantitative estimate of drug-likeness (QED) is 0.147. The molecule has 4 aliphatic carbocycles. The molecule has 0 aliphatic heterocycles. The molecule has 0 radical (unpaired) electrons. The highest BCUT2D eigenvalue weighted by molar-refractivity contribution is 5.74. The summed E-state index contributed by atoms with van der Waals surface area (Å²) in [6.07, 6.45) is 1.63. The minimum atomic E-state index is -1.76. The SMILES string of the molecule is C[C@H](CC[C@H](O)C(C)(C)O)[C@@H]1CC[C@]2(C)C3=C(C[C@H](O)[C@]12C)[C@]1(C)C[C@H](OC(=O)C[C@](C)(O)CC(=O)O)[C@@H](O)C(C)(C)[C@H]1CC3. The maximum atomic E-state index is 13.0. The fraction of sp³-hybridized carbons (Fsp3) is 0.889. The molecule has 0 aromatic rings. The smallest absolute Gasteiger partial charge is 0.309 e. The van der Waals surface area contributed by atoms with Crippen LogP contribution in [0.5, 0.6) is 0 Å². The number of hydrogen-bond acceptors (Lipinski definition) is 8. The van der Waals surface area contributed by atoms with Crippen LogP contribution in [0.25, 0.3) is 0 Å². The molecule has 258 valence electrons. The van der Waals surface area contributed by atoms with Crippen LogP contribution in [0, 0.1) is 39.4 Å². The minimum absolute atomic E-state index is 0.100. The number of carbonyl (C=O) groups excluding carboxylic acids is 1. The van der Waals surface area contributed by atoms with Gasteiger partial charge in [-0.05, 0) is 106 Å². The number of allylic oxidation sites excluding steroid dienone is 1. The molecule has 2 fully saturated rings. The molecular weight excluding hydrogens is 576 g/mol. The Kier molecular flexibility index (Phi) is 9.58. The Morgan fingerprint density at radius 3 is 2.18 bits per heavy atom. The molecule has 6 N–H and O–H groups in total. The van der Waals surface area contributed by atoms with Crippen LogP contribution in [0.2, 0.25) is 0 Å². The second-order valence-corrected chi connectivity index (χ2v) is 17.4. The number of carboxylic acids is 1. The molecule has 0 aromatic heterocycles. The van der Waals surface area contributed by atoms with Crippen molar-refractivity contribution < 1.29 is 45.0 Å². The van der Waals surface area contributed by atoms with Crippen molar-refractivity contribution in [1.29, 1.82) is 0 Å². The average Bonchev–Trinajstić information content (AvgIpc) is 3.17. The van der Waals surface area contributed by atoms with Crippen LogP contribution in [0.15, 0.2) is 11.1 Å². The van der Waals surface area contributed by atoms with Crippen LogP contribution >= 0.6 is 0 Å². The second kappa shape index (κ2) is 11.9. The van der Waals surface area contributed by atoms with E-state index in [9.17, 15) is 35.1 Å². The normalized spacial score (nSPS) is 40.4. The van der Waals surface area contributed by atoms with Gasteiger partial charge in [-0.1, -0.05) is 52.7 Å². The molecule has 11 atom stereocenters. The van der Waals surface area contributed by atoms with Crippen LogP contribution in [-0.4, -0.2) is 78.2 Å². The predicted molar refractivity (Wildman–Crippen MR) is 170 cm³/mol. The van der Waals surface area contributed by atoms with Crippen LogP contribution in [0.4, 0.5) is 0 Å². The number of aliphatic carboxylic acids is 1. The summed E-state index contributed by atoms with van der Waals surface area (Å²) in [6.45, 7) is 17.6. The Balaban J connectivity index is 1.64. The van der Waals surface area contributed by atoms with Gasteiger partial charge in [-0.15, -0.1) is 0 Å². The Hall–Kier alpha value is -1.52. The fourth-order valence-corrected chi connectivity index (χ4v) is 10.7. The van der Waals surface area contributed by atoms with E-state index < -0.39 is 71.2 Å². The molecule has 4 aliphatic rings. The Labute approximate surface area is 269 Å². The first-order chi connectivity index (χ1) is 20.4. The lowest BCUT2D eigenvalue weighted by molar-refractivity contribution is -0.193. The molecule has 0 bridgehead atoms. The van der Waals surface area contributed by atoms with E-state index >= 15 is 0 Å². The lowest BCUT2D eigenvalue weighted by atomic mass is 9.42. The molecule has 0 unspecified atom stereocenters. The maximum Gasteiger partial charge on any atom is 0.309 e. The van der Waals surface area contributed by atoms with E-state index in [0.717, 1.165) is 32.1 Å². The molecule has 0 saturated heterocycles. The number of aliphatic hydroxyl groups excluding tert-OH is 3. The van der Waals surface area contributed by atoms with Crippen LogP contribution in [0.3, 0.4) is 0 Å². The number of esters is 1. The zero-order valence-electron chi connectivity index (χ0n) is 29.0. The van der Waals surface area contributed by atoms with Crippen molar-refractivity contribution in [3.8, 4) is 0 Å². The second-order valence-electron chi connectivity index (χ2n) is 17.4. The number of aliphatic hydroxyl groups is 5. The van der Waals surface area contributed by atoms with Crippen LogP contribution < -0.4 is 0 Å². The standard InChI is InChI=1S/C36H60O9/c1-20(10-13-26(37)32(4,5)43)21-14-15-35(8)22-11-12-25-31(2,3)30(42)24(45-29(41)19-33(6,44)18-28(39)40)17-34(25,7)23(22)16-27(38)36(21,35)9/h20-21,24-27,30,37-38,42-44H,10-19H2,1-9H3,(H,39,40)/t20-,21+,24+,25-,26+,27+,30-,33-,34+,35-,36+/m1/s1. The van der Waals surface area contributed by atoms with Crippen molar-refractivity contribution in [2.75, 3.05) is 0 Å². The van der Waals surface area contributed by atoms with Crippen molar-refractivity contribution in [2.45, 2.75) is 162 Å². The number of rotatable bonds is 10. The molecule has 0 aromatic carbocycles. The van der Waals surface area contributed by atoms with E-state index in [-0.39, 0.29) is 28.6 Å². The third kappa shape index (κ3) is 6.14. The molecule has 0 spiro atoms. The molecule has 4 rings (SSSR count). The lowest BCUT2D eigenvalue weighted by Crippen LogP contribution is -2.62. The van der Waals surface area contributed by atoms with Crippen molar-refractivity contribution in [1.82, 2.24) is 0 Å². The molecule has 0 heterocycles. The molecule has 9 nitrogen and oxygen atoms in total. The third-order valence-corrected chi connectivity index (χ3v) is 13.6. The Morgan fingerprint density at radius 1 is 0.978 bits per heavy atom. The monoisotopic (exact) mass is 636 g/mol. The van der Waals surface area contributed by atoms with Gasteiger partial charge >= 0.3 is 11.9 Å². The zero-order valence-corrected chi connectivity index (χ0v) is 29.0. The summed E-state index contributed by atoms with van der Waals surface area (Å²) in [5.74, 6) is -1.34. The number of hydrogen-bond donors (Lipinski definition) is 6. The largest absolute Gasteiger partial charge is 0.481 e. The van der Waals surface area contributed by atoms with Gasteiger partial charge in [-0.2, -0.15) is 0 Å². The molecule has 0 amide bonds. The molecule has 45 heavy (non-hydrogen) atoms. The number of ether oxygens (including phenoxy) is 1. The highest BCUT2D eigenvalue weighted by Crippen LogP contribution is 2.72. The van der Waals surface area contributed by atoms with Gasteiger partial charge in [0.25, 0.3) is 0 Å². The van der Waals surface area contributed by atoms with Crippen LogP contribution in [0.1, 0.15) is 127 Å². The molecule has 2 saturated carbocycles. The van der Waals surface area contributed by atoms with E-state index in [4.69, 9.17) is 9.84 Å². The van der Waals surface area contributed by atoms with E-state index in [1.807, 2.05) is 13.8 Å². The molecular formula is C36H60O9. The van der Waals surface area contributed by atoms with Gasteiger partial charge in [0.15, 0.2) is 0 Å². The van der Waals surface area contributed by atoms with Gasteiger partial charge in [0.1, 0.15) is 6.10 Å². The number of carbonyl (C=O) groups is 2. The van der Waals surface area contributed by atoms with Gasteiger partial charge in [0.05, 0.1) is 42.4 Å². The van der Waals surface area contributed by atoms with E-state index in [2.05, 4.69) is 27.7 Å². The Bertz CT molecular complexity index is 1180.